The number of ether oxygens (including phenoxy) is 1. The molecule has 2 aromatic rings. The van der Waals surface area contributed by atoms with Crippen LogP contribution in [0.5, 0.6) is 11.5 Å². The first kappa shape index (κ1) is 22.7. The van der Waals surface area contributed by atoms with E-state index < -0.39 is 40.6 Å². The molecule has 0 bridgehead atoms. The highest BCUT2D eigenvalue weighted by Crippen LogP contribution is 2.41. The molecule has 6 nitrogen and oxygen atoms in total. The van der Waals surface area contributed by atoms with Crippen LogP contribution >= 0.6 is 0 Å². The molecular formula is C21H19F6N5O. The van der Waals surface area contributed by atoms with E-state index in [2.05, 4.69) is 9.98 Å². The van der Waals surface area contributed by atoms with Crippen molar-refractivity contribution < 1.29 is 31.1 Å². The summed E-state index contributed by atoms with van der Waals surface area (Å²) in [5.74, 6) is -5.51. The third kappa shape index (κ3) is 4.29. The van der Waals surface area contributed by atoms with Crippen LogP contribution in [0.4, 0.5) is 32.0 Å². The Kier molecular flexibility index (Phi) is 5.62. The largest absolute Gasteiger partial charge is 0.451 e. The number of nitrogens with zero attached hydrogens (tertiary/aromatic N) is 3. The summed E-state index contributed by atoms with van der Waals surface area (Å²) in [5, 5.41) is 0. The highest BCUT2D eigenvalue weighted by atomic mass is 19.4. The van der Waals surface area contributed by atoms with Crippen molar-refractivity contribution in [1.29, 1.82) is 0 Å². The topological polar surface area (TPSA) is 89.2 Å². The van der Waals surface area contributed by atoms with Crippen LogP contribution in [0.2, 0.25) is 0 Å². The van der Waals surface area contributed by atoms with Gasteiger partial charge in [-0.3, -0.25) is 4.90 Å². The molecule has 0 radical (unpaired) electrons. The first-order valence-corrected chi connectivity index (χ1v) is 10.0. The van der Waals surface area contributed by atoms with Crippen molar-refractivity contribution in [3.05, 3.63) is 53.3 Å². The number of aliphatic imine (C=N–C) groups is 2. The van der Waals surface area contributed by atoms with Gasteiger partial charge in [-0.05, 0) is 49.9 Å². The van der Waals surface area contributed by atoms with Crippen molar-refractivity contribution in [1.82, 2.24) is 0 Å². The molecule has 1 spiro atoms. The Labute approximate surface area is 184 Å². The number of rotatable bonds is 3. The summed E-state index contributed by atoms with van der Waals surface area (Å²) >= 11 is 0. The Bertz CT molecular complexity index is 1120. The van der Waals surface area contributed by atoms with E-state index in [0.717, 1.165) is 25.3 Å². The minimum absolute atomic E-state index is 0.00452. The van der Waals surface area contributed by atoms with Crippen molar-refractivity contribution in [2.75, 3.05) is 4.90 Å². The molecule has 0 atom stereocenters. The second kappa shape index (κ2) is 8.16. The van der Waals surface area contributed by atoms with E-state index in [1.807, 2.05) is 0 Å². The van der Waals surface area contributed by atoms with Crippen LogP contribution in [-0.2, 0) is 6.18 Å². The SMILES string of the molecule is NC1=NC2(CCCCC2)N(c2ccc(Oc3c(F)cc(C(F)(F)F)cc3F)cc2F)C(N)=N1. The minimum atomic E-state index is -4.94. The Morgan fingerprint density at radius 3 is 2.12 bits per heavy atom. The lowest BCUT2D eigenvalue weighted by molar-refractivity contribution is -0.138. The average Bonchev–Trinajstić information content (AvgIpc) is 2.71. The Hall–Kier alpha value is -3.44. The molecule has 1 aliphatic heterocycles. The predicted molar refractivity (Wildman–Crippen MR) is 109 cm³/mol. The van der Waals surface area contributed by atoms with Crippen molar-refractivity contribution in [3.8, 4) is 11.5 Å². The molecule has 2 aromatic carbocycles. The zero-order valence-corrected chi connectivity index (χ0v) is 17.1. The molecule has 4 N–H and O–H groups in total. The fourth-order valence-electron chi connectivity index (χ4n) is 4.14. The Morgan fingerprint density at radius 1 is 0.909 bits per heavy atom. The quantitative estimate of drug-likeness (QED) is 0.615. The lowest BCUT2D eigenvalue weighted by atomic mass is 9.87. The van der Waals surface area contributed by atoms with Crippen LogP contribution < -0.4 is 21.1 Å². The molecule has 1 fully saturated rings. The van der Waals surface area contributed by atoms with Crippen molar-refractivity contribution in [3.63, 3.8) is 0 Å². The van der Waals surface area contributed by atoms with Crippen LogP contribution in [0.25, 0.3) is 0 Å². The summed E-state index contributed by atoms with van der Waals surface area (Å²) in [6.07, 6.45) is -1.22. The Balaban J connectivity index is 1.66. The number of alkyl halides is 3. The summed E-state index contributed by atoms with van der Waals surface area (Å²) in [5.41, 5.74) is 9.41. The van der Waals surface area contributed by atoms with Gasteiger partial charge in [-0.1, -0.05) is 6.42 Å². The molecule has 176 valence electrons. The molecule has 33 heavy (non-hydrogen) atoms. The highest BCUT2D eigenvalue weighted by Gasteiger charge is 2.43. The van der Waals surface area contributed by atoms with E-state index in [1.54, 1.807) is 0 Å². The molecule has 1 aliphatic carbocycles. The number of hydrogen-bond acceptors (Lipinski definition) is 6. The van der Waals surface area contributed by atoms with Crippen LogP contribution in [0.3, 0.4) is 0 Å². The number of guanidine groups is 2. The molecule has 12 heteroatoms. The van der Waals surface area contributed by atoms with E-state index in [1.165, 1.54) is 17.0 Å². The lowest BCUT2D eigenvalue weighted by Gasteiger charge is -2.45. The lowest BCUT2D eigenvalue weighted by Crippen LogP contribution is -2.58. The summed E-state index contributed by atoms with van der Waals surface area (Å²) in [4.78, 5) is 9.79. The van der Waals surface area contributed by atoms with Crippen molar-refractivity contribution in [2.45, 2.75) is 43.9 Å². The molecular weight excluding hydrogens is 452 g/mol. The zero-order chi connectivity index (χ0) is 24.0. The molecule has 2 aliphatic rings. The van der Waals surface area contributed by atoms with Crippen LogP contribution in [-0.4, -0.2) is 17.6 Å². The minimum Gasteiger partial charge on any atom is -0.451 e. The maximum Gasteiger partial charge on any atom is 0.416 e. The van der Waals surface area contributed by atoms with Gasteiger partial charge < -0.3 is 16.2 Å². The van der Waals surface area contributed by atoms with Gasteiger partial charge in [0.1, 0.15) is 11.4 Å². The van der Waals surface area contributed by atoms with Gasteiger partial charge in [-0.15, -0.1) is 0 Å². The first-order chi connectivity index (χ1) is 15.5. The number of hydrogen-bond donors (Lipinski definition) is 2. The zero-order valence-electron chi connectivity index (χ0n) is 17.1. The van der Waals surface area contributed by atoms with Gasteiger partial charge in [0.25, 0.3) is 0 Å². The van der Waals surface area contributed by atoms with E-state index >= 15 is 4.39 Å². The van der Waals surface area contributed by atoms with Crippen molar-refractivity contribution >= 4 is 17.6 Å². The van der Waals surface area contributed by atoms with E-state index in [4.69, 9.17) is 16.2 Å². The highest BCUT2D eigenvalue weighted by molar-refractivity contribution is 6.05. The molecule has 0 saturated heterocycles. The molecule has 1 heterocycles. The molecule has 0 amide bonds. The van der Waals surface area contributed by atoms with E-state index in [-0.39, 0.29) is 35.5 Å². The van der Waals surface area contributed by atoms with Crippen LogP contribution in [0.15, 0.2) is 40.3 Å². The number of anilines is 1. The summed E-state index contributed by atoms with van der Waals surface area (Å²) in [7, 11) is 0. The number of nitrogens with two attached hydrogens (primary N) is 2. The van der Waals surface area contributed by atoms with Gasteiger partial charge in [-0.25, -0.2) is 18.2 Å². The third-order valence-electron chi connectivity index (χ3n) is 5.56. The standard InChI is InChI=1S/C21H19F6N5O/c22-13-10-12(33-17-14(23)8-11(9-15(17)24)21(25,26)27)4-5-16(13)32-19(29)30-18(28)31-20(32)6-2-1-3-7-20/h4-5,8-10H,1-3,6-7H2,(H4,28,29,30,31). The number of benzene rings is 2. The molecule has 4 rings (SSSR count). The van der Waals surface area contributed by atoms with Gasteiger partial charge >= 0.3 is 6.18 Å². The fourth-order valence-corrected chi connectivity index (χ4v) is 4.14. The van der Waals surface area contributed by atoms with Gasteiger partial charge in [0.05, 0.1) is 11.3 Å². The van der Waals surface area contributed by atoms with E-state index in [9.17, 15) is 22.0 Å². The monoisotopic (exact) mass is 471 g/mol. The van der Waals surface area contributed by atoms with Crippen LogP contribution in [0, 0.1) is 17.5 Å². The summed E-state index contributed by atoms with van der Waals surface area (Å²) in [6, 6.07) is 3.52. The molecule has 0 aromatic heterocycles. The fraction of sp³-hybridized carbons (Fsp3) is 0.333. The smallest absolute Gasteiger partial charge is 0.416 e. The first-order valence-electron chi connectivity index (χ1n) is 10.0. The van der Waals surface area contributed by atoms with E-state index in [0.29, 0.717) is 12.8 Å². The molecule has 1 saturated carbocycles. The third-order valence-corrected chi connectivity index (χ3v) is 5.56. The van der Waals surface area contributed by atoms with Gasteiger partial charge in [-0.2, -0.15) is 18.2 Å². The average molecular weight is 471 g/mol. The maximum absolute atomic E-state index is 15.1. The van der Waals surface area contributed by atoms with Gasteiger partial charge in [0, 0.05) is 6.07 Å². The van der Waals surface area contributed by atoms with Gasteiger partial charge in [0.2, 0.25) is 11.9 Å². The second-order valence-electron chi connectivity index (χ2n) is 7.80. The normalized spacial score (nSPS) is 18.2. The van der Waals surface area contributed by atoms with Crippen LogP contribution in [0.1, 0.15) is 37.7 Å². The summed E-state index contributed by atoms with van der Waals surface area (Å²) < 4.78 is 86.5. The molecule has 0 unspecified atom stereocenters. The summed E-state index contributed by atoms with van der Waals surface area (Å²) in [6.45, 7) is 0. The number of halogens is 6. The Morgan fingerprint density at radius 2 is 1.55 bits per heavy atom. The van der Waals surface area contributed by atoms with Gasteiger partial charge in [0.15, 0.2) is 23.2 Å². The predicted octanol–water partition coefficient (Wildman–Crippen LogP) is 5.02. The second-order valence-corrected chi connectivity index (χ2v) is 7.80. The maximum atomic E-state index is 15.1. The van der Waals surface area contributed by atoms with Crippen molar-refractivity contribution in [2.24, 2.45) is 21.5 Å².